The summed E-state index contributed by atoms with van der Waals surface area (Å²) >= 11 is 0. The second-order valence-corrected chi connectivity index (χ2v) is 7.70. The van der Waals surface area contributed by atoms with Gasteiger partial charge in [-0.3, -0.25) is 5.32 Å². The maximum Gasteiger partial charge on any atom is 0.320 e. The Morgan fingerprint density at radius 2 is 2.12 bits per heavy atom. The number of anilines is 2. The first-order valence-electron chi connectivity index (χ1n) is 10.8. The molecule has 0 unspecified atom stereocenters. The summed E-state index contributed by atoms with van der Waals surface area (Å²) in [4.78, 5) is 26.2. The summed E-state index contributed by atoms with van der Waals surface area (Å²) in [6, 6.07) is 7.21. The molecule has 0 spiro atoms. The molecule has 11 heteroatoms. The quantitative estimate of drug-likeness (QED) is 0.593. The third-order valence-corrected chi connectivity index (χ3v) is 5.57. The standard InChI is InChI=1S/C22H24FN9O/c1-2-25-22(33)30-21-20(23)16(26-14-27-21)12-15-6-10-31(11-7-15)18-4-5-19(29-17(18)13-24)32-9-3-8-28-32/h3-5,8-9,14-15H,2,6-7,10-12H2,1H3,(H2,25,26,27,30,33). The Balaban J connectivity index is 1.40. The molecular formula is C22H24FN9O. The van der Waals surface area contributed by atoms with Gasteiger partial charge in [-0.25, -0.2) is 28.8 Å². The SMILES string of the molecule is CCNC(=O)Nc1ncnc(CC2CCN(c3ccc(-n4cccn4)nc3C#N)CC2)c1F. The molecule has 1 fully saturated rings. The molecule has 0 aliphatic carbocycles. The average Bonchev–Trinajstić information content (AvgIpc) is 3.37. The number of carbonyl (C=O) groups excluding carboxylic acids is 1. The highest BCUT2D eigenvalue weighted by molar-refractivity contribution is 5.88. The van der Waals surface area contributed by atoms with Crippen molar-refractivity contribution in [2.24, 2.45) is 5.92 Å². The molecule has 2 amide bonds. The Bertz CT molecular complexity index is 1150. The van der Waals surface area contributed by atoms with Crippen LogP contribution in [0.15, 0.2) is 36.9 Å². The zero-order chi connectivity index (χ0) is 23.2. The molecule has 0 bridgehead atoms. The fourth-order valence-corrected chi connectivity index (χ4v) is 3.91. The van der Waals surface area contributed by atoms with Gasteiger partial charge in [-0.15, -0.1) is 0 Å². The second kappa shape index (κ2) is 10.0. The van der Waals surface area contributed by atoms with E-state index >= 15 is 0 Å². The number of hydrogen-bond donors (Lipinski definition) is 2. The molecule has 1 saturated heterocycles. The van der Waals surface area contributed by atoms with Crippen molar-refractivity contribution in [1.82, 2.24) is 30.0 Å². The van der Waals surface area contributed by atoms with Crippen molar-refractivity contribution in [2.75, 3.05) is 29.9 Å². The van der Waals surface area contributed by atoms with E-state index in [4.69, 9.17) is 0 Å². The fraction of sp³-hybridized carbons (Fsp3) is 0.364. The average molecular weight is 449 g/mol. The van der Waals surface area contributed by atoms with Crippen LogP contribution in [0.2, 0.25) is 0 Å². The summed E-state index contributed by atoms with van der Waals surface area (Å²) < 4.78 is 16.4. The molecule has 0 saturated carbocycles. The van der Waals surface area contributed by atoms with Crippen molar-refractivity contribution in [3.05, 3.63) is 54.1 Å². The largest absolute Gasteiger partial charge is 0.369 e. The first-order valence-corrected chi connectivity index (χ1v) is 10.8. The summed E-state index contributed by atoms with van der Waals surface area (Å²) in [5, 5.41) is 18.7. The van der Waals surface area contributed by atoms with E-state index in [-0.39, 0.29) is 11.7 Å². The number of nitrogens with zero attached hydrogens (tertiary/aromatic N) is 7. The summed E-state index contributed by atoms with van der Waals surface area (Å²) in [7, 11) is 0. The van der Waals surface area contributed by atoms with Crippen LogP contribution in [0.5, 0.6) is 0 Å². The number of halogens is 1. The lowest BCUT2D eigenvalue weighted by molar-refractivity contribution is 0.252. The number of carbonyl (C=O) groups is 1. The second-order valence-electron chi connectivity index (χ2n) is 7.70. The lowest BCUT2D eigenvalue weighted by Crippen LogP contribution is -2.35. The number of hydrogen-bond acceptors (Lipinski definition) is 7. The van der Waals surface area contributed by atoms with Crippen LogP contribution in [0.1, 0.15) is 31.2 Å². The molecule has 3 aromatic heterocycles. The molecule has 4 rings (SSSR count). The summed E-state index contributed by atoms with van der Waals surface area (Å²) in [6.07, 6.45) is 6.78. The van der Waals surface area contributed by atoms with Crippen LogP contribution in [0.25, 0.3) is 5.82 Å². The monoisotopic (exact) mass is 449 g/mol. The number of aromatic nitrogens is 5. The normalized spacial score (nSPS) is 14.0. The van der Waals surface area contributed by atoms with Crippen LogP contribution in [-0.2, 0) is 6.42 Å². The van der Waals surface area contributed by atoms with E-state index in [1.54, 1.807) is 30.1 Å². The Labute approximate surface area is 190 Å². The number of pyridine rings is 1. The van der Waals surface area contributed by atoms with Crippen LogP contribution < -0.4 is 15.5 Å². The van der Waals surface area contributed by atoms with Crippen molar-refractivity contribution in [1.29, 1.82) is 5.26 Å². The topological polar surface area (TPSA) is 125 Å². The predicted octanol–water partition coefficient (Wildman–Crippen LogP) is 2.67. The highest BCUT2D eigenvalue weighted by Crippen LogP contribution is 2.28. The van der Waals surface area contributed by atoms with Gasteiger partial charge in [0.1, 0.15) is 12.4 Å². The van der Waals surface area contributed by atoms with Crippen molar-refractivity contribution in [3.8, 4) is 11.9 Å². The highest BCUT2D eigenvalue weighted by Gasteiger charge is 2.24. The summed E-state index contributed by atoms with van der Waals surface area (Å²) in [5.41, 5.74) is 1.43. The number of nitrogens with one attached hydrogen (secondary N) is 2. The molecule has 33 heavy (non-hydrogen) atoms. The Morgan fingerprint density at radius 1 is 1.30 bits per heavy atom. The van der Waals surface area contributed by atoms with E-state index < -0.39 is 11.8 Å². The van der Waals surface area contributed by atoms with E-state index in [9.17, 15) is 14.4 Å². The fourth-order valence-electron chi connectivity index (χ4n) is 3.91. The van der Waals surface area contributed by atoms with Crippen LogP contribution >= 0.6 is 0 Å². The first-order chi connectivity index (χ1) is 16.1. The van der Waals surface area contributed by atoms with Crippen molar-refractivity contribution < 1.29 is 9.18 Å². The van der Waals surface area contributed by atoms with E-state index in [2.05, 4.69) is 41.7 Å². The molecule has 0 aromatic carbocycles. The van der Waals surface area contributed by atoms with Gasteiger partial charge in [0, 0.05) is 32.0 Å². The molecule has 0 radical (unpaired) electrons. The number of amides is 2. The van der Waals surface area contributed by atoms with Crippen LogP contribution in [-0.4, -0.2) is 50.4 Å². The molecule has 1 aliphatic rings. The molecule has 3 aromatic rings. The third-order valence-electron chi connectivity index (χ3n) is 5.57. The van der Waals surface area contributed by atoms with E-state index in [0.29, 0.717) is 30.2 Å². The van der Waals surface area contributed by atoms with Gasteiger partial charge in [0.2, 0.25) is 0 Å². The molecule has 0 atom stereocenters. The number of urea groups is 1. The molecule has 4 heterocycles. The lowest BCUT2D eigenvalue weighted by atomic mass is 9.91. The zero-order valence-corrected chi connectivity index (χ0v) is 18.2. The van der Waals surface area contributed by atoms with Crippen molar-refractivity contribution in [3.63, 3.8) is 0 Å². The third kappa shape index (κ3) is 5.06. The minimum Gasteiger partial charge on any atom is -0.369 e. The summed E-state index contributed by atoms with van der Waals surface area (Å²) in [6.45, 7) is 3.65. The van der Waals surface area contributed by atoms with Gasteiger partial charge in [0.25, 0.3) is 0 Å². The smallest absolute Gasteiger partial charge is 0.320 e. The molecule has 2 N–H and O–H groups in total. The van der Waals surface area contributed by atoms with Crippen molar-refractivity contribution >= 4 is 17.5 Å². The Kier molecular flexibility index (Phi) is 6.73. The minimum absolute atomic E-state index is 0.120. The van der Waals surface area contributed by atoms with Gasteiger partial charge < -0.3 is 10.2 Å². The molecule has 1 aliphatic heterocycles. The summed E-state index contributed by atoms with van der Waals surface area (Å²) in [5.74, 6) is 0.0954. The van der Waals surface area contributed by atoms with E-state index in [1.807, 2.05) is 12.1 Å². The lowest BCUT2D eigenvalue weighted by Gasteiger charge is -2.33. The zero-order valence-electron chi connectivity index (χ0n) is 18.2. The van der Waals surface area contributed by atoms with Crippen LogP contribution in [0, 0.1) is 23.1 Å². The molecule has 10 nitrogen and oxygen atoms in total. The minimum atomic E-state index is -0.601. The van der Waals surface area contributed by atoms with E-state index in [1.165, 1.54) is 6.33 Å². The molecular weight excluding hydrogens is 425 g/mol. The van der Waals surface area contributed by atoms with Crippen LogP contribution in [0.3, 0.4) is 0 Å². The van der Waals surface area contributed by atoms with Gasteiger partial charge in [-0.1, -0.05) is 0 Å². The van der Waals surface area contributed by atoms with Gasteiger partial charge in [0.15, 0.2) is 23.1 Å². The predicted molar refractivity (Wildman–Crippen MR) is 119 cm³/mol. The van der Waals surface area contributed by atoms with Gasteiger partial charge >= 0.3 is 6.03 Å². The maximum atomic E-state index is 14.8. The number of rotatable bonds is 6. The number of piperidine rings is 1. The maximum absolute atomic E-state index is 14.8. The number of nitriles is 1. The Hall–Kier alpha value is -4.07. The van der Waals surface area contributed by atoms with Crippen molar-refractivity contribution in [2.45, 2.75) is 26.2 Å². The van der Waals surface area contributed by atoms with Crippen LogP contribution in [0.4, 0.5) is 20.7 Å². The Morgan fingerprint density at radius 3 is 2.82 bits per heavy atom. The van der Waals surface area contributed by atoms with Gasteiger partial charge in [-0.2, -0.15) is 10.4 Å². The van der Waals surface area contributed by atoms with Gasteiger partial charge in [0.05, 0.1) is 11.4 Å². The van der Waals surface area contributed by atoms with Gasteiger partial charge in [-0.05, 0) is 50.3 Å². The first kappa shape index (κ1) is 22.1. The molecule has 170 valence electrons. The highest BCUT2D eigenvalue weighted by atomic mass is 19.1. The van der Waals surface area contributed by atoms with E-state index in [0.717, 1.165) is 31.6 Å².